The highest BCUT2D eigenvalue weighted by molar-refractivity contribution is 7.99. The zero-order chi connectivity index (χ0) is 24.1. The molecule has 0 bridgehead atoms. The summed E-state index contributed by atoms with van der Waals surface area (Å²) in [6.45, 7) is 0.460. The van der Waals surface area contributed by atoms with Crippen molar-refractivity contribution < 1.29 is 33.6 Å². The van der Waals surface area contributed by atoms with Crippen LogP contribution in [-0.2, 0) is 9.53 Å². The fourth-order valence-corrected chi connectivity index (χ4v) is 6.60. The summed E-state index contributed by atoms with van der Waals surface area (Å²) in [5, 5.41) is 11.3. The summed E-state index contributed by atoms with van der Waals surface area (Å²) in [5.41, 5.74) is 2.77. The normalized spacial score (nSPS) is 23.9. The van der Waals surface area contributed by atoms with Crippen molar-refractivity contribution in [3.63, 3.8) is 0 Å². The Morgan fingerprint density at radius 2 is 1.71 bits per heavy atom. The highest BCUT2D eigenvalue weighted by Gasteiger charge is 2.53. The number of carbonyl (C=O) groups is 1. The monoisotopic (exact) mass is 493 g/mol. The van der Waals surface area contributed by atoms with E-state index in [0.717, 1.165) is 21.7 Å². The third-order valence-electron chi connectivity index (χ3n) is 6.87. The maximum Gasteiger partial charge on any atom is 0.310 e. The van der Waals surface area contributed by atoms with Crippen molar-refractivity contribution in [2.75, 3.05) is 27.6 Å². The number of phenols is 1. The Balaban J connectivity index is 1.56. The topological polar surface area (TPSA) is 96.3 Å². The third-order valence-corrected chi connectivity index (χ3v) is 8.21. The molecule has 0 spiro atoms. The molecule has 4 atom stereocenters. The van der Waals surface area contributed by atoms with Gasteiger partial charge in [-0.2, -0.15) is 0 Å². The molecule has 0 saturated carbocycles. The van der Waals surface area contributed by atoms with Gasteiger partial charge in [0.15, 0.2) is 23.0 Å². The summed E-state index contributed by atoms with van der Waals surface area (Å²) in [7, 11) is 2.97. The number of cyclic esters (lactones) is 1. The third kappa shape index (κ3) is 3.53. The summed E-state index contributed by atoms with van der Waals surface area (Å²) in [6.07, 6.45) is 1.76. The first-order valence-electron chi connectivity index (χ1n) is 11.2. The van der Waals surface area contributed by atoms with Gasteiger partial charge in [0.25, 0.3) is 0 Å². The predicted octanol–water partition coefficient (Wildman–Crippen LogP) is 4.30. The molecule has 1 N–H and O–H groups in total. The van der Waals surface area contributed by atoms with Gasteiger partial charge in [0.05, 0.1) is 31.8 Å². The second kappa shape index (κ2) is 8.57. The molecule has 6 rings (SSSR count). The summed E-state index contributed by atoms with van der Waals surface area (Å²) in [5.74, 6) is 0.626. The van der Waals surface area contributed by atoms with Crippen LogP contribution in [-0.4, -0.2) is 43.7 Å². The molecule has 2 aromatic carbocycles. The molecular formula is C26H23NO7S. The Labute approximate surface area is 206 Å². The van der Waals surface area contributed by atoms with Gasteiger partial charge in [0, 0.05) is 23.3 Å². The van der Waals surface area contributed by atoms with Crippen molar-refractivity contribution >= 4 is 17.7 Å². The first-order chi connectivity index (χ1) is 17.1. The zero-order valence-corrected chi connectivity index (χ0v) is 19.9. The fourth-order valence-electron chi connectivity index (χ4n) is 5.30. The van der Waals surface area contributed by atoms with E-state index in [0.29, 0.717) is 18.1 Å². The molecule has 0 unspecified atom stereocenters. The minimum Gasteiger partial charge on any atom is -0.502 e. The number of esters is 1. The molecule has 180 valence electrons. The summed E-state index contributed by atoms with van der Waals surface area (Å²) in [4.78, 5) is 17.7. The largest absolute Gasteiger partial charge is 0.502 e. The number of rotatable bonds is 5. The summed E-state index contributed by atoms with van der Waals surface area (Å²) in [6, 6.07) is 13.3. The van der Waals surface area contributed by atoms with E-state index in [4.69, 9.17) is 23.7 Å². The lowest BCUT2D eigenvalue weighted by atomic mass is 9.67. The van der Waals surface area contributed by atoms with Gasteiger partial charge >= 0.3 is 5.97 Å². The zero-order valence-electron chi connectivity index (χ0n) is 19.1. The summed E-state index contributed by atoms with van der Waals surface area (Å²) < 4.78 is 27.9. The minimum atomic E-state index is -0.442. The molecule has 35 heavy (non-hydrogen) atoms. The molecule has 3 aromatic rings. The standard InChI is InChI=1S/C26H23NO7S/c1-30-19-7-13(8-20(31-2)24(19)28)22-14-9-17-18(34-12-33-17)10-15(14)25(16-11-32-26(29)23(16)22)35-21-5-3-4-6-27-21/h3-10,16,22-23,25,28H,11-12H2,1-2H3/t16-,22+,23-,25+/m0/s1. The molecule has 8 nitrogen and oxygen atoms in total. The average Bonchev–Trinajstić information content (AvgIpc) is 3.50. The molecule has 3 aliphatic rings. The van der Waals surface area contributed by atoms with Gasteiger partial charge in [-0.1, -0.05) is 17.8 Å². The Bertz CT molecular complexity index is 1270. The number of fused-ring (bicyclic) bond motifs is 3. The fraction of sp³-hybridized carbons (Fsp3) is 0.308. The number of aromatic hydroxyl groups is 1. The van der Waals surface area contributed by atoms with E-state index in [-0.39, 0.29) is 47.1 Å². The van der Waals surface area contributed by atoms with Gasteiger partial charge < -0.3 is 28.8 Å². The number of nitrogens with zero attached hydrogens (tertiary/aromatic N) is 1. The highest BCUT2D eigenvalue weighted by atomic mass is 32.2. The number of hydrogen-bond donors (Lipinski definition) is 1. The molecular weight excluding hydrogens is 470 g/mol. The number of methoxy groups -OCH3 is 2. The van der Waals surface area contributed by atoms with Crippen LogP contribution in [0.2, 0.25) is 0 Å². The molecule has 2 aliphatic heterocycles. The quantitative estimate of drug-likeness (QED) is 0.522. The van der Waals surface area contributed by atoms with Crippen LogP contribution in [0.1, 0.15) is 27.9 Å². The predicted molar refractivity (Wildman–Crippen MR) is 126 cm³/mol. The molecule has 1 aliphatic carbocycles. The molecule has 0 radical (unpaired) electrons. The van der Waals surface area contributed by atoms with Crippen molar-refractivity contribution in [1.82, 2.24) is 4.98 Å². The van der Waals surface area contributed by atoms with E-state index >= 15 is 0 Å². The molecule has 1 fully saturated rings. The van der Waals surface area contributed by atoms with Crippen molar-refractivity contribution in [2.24, 2.45) is 11.8 Å². The van der Waals surface area contributed by atoms with E-state index in [2.05, 4.69) is 4.98 Å². The van der Waals surface area contributed by atoms with E-state index < -0.39 is 5.92 Å². The van der Waals surface area contributed by atoms with Crippen molar-refractivity contribution in [3.8, 4) is 28.7 Å². The number of hydrogen-bond acceptors (Lipinski definition) is 9. The number of thioether (sulfide) groups is 1. The number of carbonyl (C=O) groups excluding carboxylic acids is 1. The Morgan fingerprint density at radius 1 is 1.00 bits per heavy atom. The number of aromatic nitrogens is 1. The van der Waals surface area contributed by atoms with Crippen LogP contribution in [0.5, 0.6) is 28.7 Å². The smallest absolute Gasteiger partial charge is 0.310 e. The molecule has 0 amide bonds. The number of ether oxygens (including phenoxy) is 5. The number of benzene rings is 2. The highest BCUT2D eigenvalue weighted by Crippen LogP contribution is 2.59. The van der Waals surface area contributed by atoms with Gasteiger partial charge in [-0.15, -0.1) is 0 Å². The second-order valence-corrected chi connectivity index (χ2v) is 9.77. The van der Waals surface area contributed by atoms with Crippen molar-refractivity contribution in [3.05, 3.63) is 65.4 Å². The molecule has 1 saturated heterocycles. The average molecular weight is 494 g/mol. The van der Waals surface area contributed by atoms with E-state index in [1.165, 1.54) is 14.2 Å². The van der Waals surface area contributed by atoms with E-state index in [1.54, 1.807) is 30.1 Å². The van der Waals surface area contributed by atoms with Crippen LogP contribution in [0.3, 0.4) is 0 Å². The molecule has 1 aromatic heterocycles. The van der Waals surface area contributed by atoms with Crippen LogP contribution >= 0.6 is 11.8 Å². The van der Waals surface area contributed by atoms with Crippen molar-refractivity contribution in [2.45, 2.75) is 16.2 Å². The van der Waals surface area contributed by atoms with Crippen LogP contribution in [0.25, 0.3) is 0 Å². The Kier molecular flexibility index (Phi) is 5.36. The lowest BCUT2D eigenvalue weighted by Gasteiger charge is -2.38. The van der Waals surface area contributed by atoms with Crippen LogP contribution in [0.4, 0.5) is 0 Å². The Hall–Kier alpha value is -3.59. The van der Waals surface area contributed by atoms with Crippen LogP contribution in [0, 0.1) is 11.8 Å². The number of pyridine rings is 1. The number of phenolic OH excluding ortho intramolecular Hbond substituents is 1. The lowest BCUT2D eigenvalue weighted by Crippen LogP contribution is -2.33. The Morgan fingerprint density at radius 3 is 2.37 bits per heavy atom. The molecule has 9 heteroatoms. The molecule has 3 heterocycles. The maximum absolute atomic E-state index is 13.2. The maximum atomic E-state index is 13.2. The van der Waals surface area contributed by atoms with Gasteiger partial charge in [-0.25, -0.2) is 4.98 Å². The van der Waals surface area contributed by atoms with Crippen molar-refractivity contribution in [1.29, 1.82) is 0 Å². The minimum absolute atomic E-state index is 0.0805. The summed E-state index contributed by atoms with van der Waals surface area (Å²) >= 11 is 1.62. The van der Waals surface area contributed by atoms with Crippen LogP contribution in [0.15, 0.2) is 53.7 Å². The van der Waals surface area contributed by atoms with Gasteiger partial charge in [-0.05, 0) is 53.1 Å². The van der Waals surface area contributed by atoms with E-state index in [1.807, 2.05) is 30.3 Å². The van der Waals surface area contributed by atoms with Gasteiger partial charge in [0.1, 0.15) is 0 Å². The van der Waals surface area contributed by atoms with Gasteiger partial charge in [0.2, 0.25) is 12.5 Å². The SMILES string of the molecule is COc1cc([C@@H]2c3cc4c(cc3[C@@H](Sc3ccccn3)[C@H]3COC(=O)[C@H]23)OCO4)cc(OC)c1O. The lowest BCUT2D eigenvalue weighted by molar-refractivity contribution is -0.141. The van der Waals surface area contributed by atoms with E-state index in [9.17, 15) is 9.90 Å². The van der Waals surface area contributed by atoms with Gasteiger partial charge in [-0.3, -0.25) is 4.79 Å². The second-order valence-electron chi connectivity index (χ2n) is 8.61. The first kappa shape index (κ1) is 21.9. The van der Waals surface area contributed by atoms with Crippen LogP contribution < -0.4 is 18.9 Å². The first-order valence-corrected chi connectivity index (χ1v) is 12.1.